The molecule has 5 heteroatoms. The van der Waals surface area contributed by atoms with Crippen LogP contribution in [0.4, 0.5) is 10.1 Å². The van der Waals surface area contributed by atoms with Crippen molar-refractivity contribution in [2.75, 3.05) is 12.4 Å². The summed E-state index contributed by atoms with van der Waals surface area (Å²) in [6.45, 7) is 0.523. The lowest BCUT2D eigenvalue weighted by molar-refractivity contribution is 0.386. The first-order valence-corrected chi connectivity index (χ1v) is 6.78. The highest BCUT2D eigenvalue weighted by molar-refractivity contribution is 9.10. The van der Waals surface area contributed by atoms with Gasteiger partial charge in [-0.05, 0) is 51.8 Å². The Balaban J connectivity index is 2.05. The number of halogens is 3. The molecule has 0 aliphatic rings. The topological polar surface area (TPSA) is 21.3 Å². The molecule has 0 atom stereocenters. The van der Waals surface area contributed by atoms with Crippen molar-refractivity contribution in [3.8, 4) is 5.75 Å². The van der Waals surface area contributed by atoms with Crippen molar-refractivity contribution in [2.24, 2.45) is 0 Å². The van der Waals surface area contributed by atoms with E-state index in [-0.39, 0.29) is 11.6 Å². The fraction of sp³-hybridized carbons (Fsp3) is 0.143. The third-order valence-electron chi connectivity index (χ3n) is 2.63. The second-order valence-electron chi connectivity index (χ2n) is 3.95. The highest BCUT2D eigenvalue weighted by Gasteiger charge is 2.04. The van der Waals surface area contributed by atoms with Crippen LogP contribution in [0.5, 0.6) is 5.75 Å². The summed E-state index contributed by atoms with van der Waals surface area (Å²) in [5.41, 5.74) is 1.75. The normalized spacial score (nSPS) is 10.3. The quantitative estimate of drug-likeness (QED) is 0.855. The third-order valence-corrected chi connectivity index (χ3v) is 3.85. The summed E-state index contributed by atoms with van der Waals surface area (Å²) >= 11 is 9.27. The van der Waals surface area contributed by atoms with Gasteiger partial charge in [-0.1, -0.05) is 17.7 Å². The van der Waals surface area contributed by atoms with Gasteiger partial charge in [-0.2, -0.15) is 0 Å². The maximum atomic E-state index is 13.5. The Hall–Kier alpha value is -1.26. The van der Waals surface area contributed by atoms with Gasteiger partial charge in [-0.15, -0.1) is 0 Å². The first-order chi connectivity index (χ1) is 9.10. The van der Waals surface area contributed by atoms with Crippen molar-refractivity contribution >= 4 is 33.2 Å². The summed E-state index contributed by atoms with van der Waals surface area (Å²) in [4.78, 5) is 0. The Bertz CT molecular complexity index is 592. The van der Waals surface area contributed by atoms with Crippen molar-refractivity contribution in [1.82, 2.24) is 0 Å². The van der Waals surface area contributed by atoms with E-state index in [1.165, 1.54) is 13.2 Å². The molecule has 2 aromatic carbocycles. The predicted molar refractivity (Wildman–Crippen MR) is 79.4 cm³/mol. The molecule has 0 aliphatic heterocycles. The van der Waals surface area contributed by atoms with Gasteiger partial charge in [0.15, 0.2) is 11.6 Å². The SMILES string of the molecule is COc1ccc(CNc2ccc(Cl)c(Br)c2)cc1F. The summed E-state index contributed by atoms with van der Waals surface area (Å²) in [6.07, 6.45) is 0. The van der Waals surface area contributed by atoms with Gasteiger partial charge in [0, 0.05) is 16.7 Å². The molecule has 0 saturated carbocycles. The molecule has 0 amide bonds. The smallest absolute Gasteiger partial charge is 0.165 e. The lowest BCUT2D eigenvalue weighted by Gasteiger charge is -2.09. The Morgan fingerprint density at radius 2 is 2.05 bits per heavy atom. The summed E-state index contributed by atoms with van der Waals surface area (Å²) < 4.78 is 19.2. The van der Waals surface area contributed by atoms with E-state index < -0.39 is 0 Å². The first-order valence-electron chi connectivity index (χ1n) is 5.61. The average Bonchev–Trinajstić information content (AvgIpc) is 2.40. The second kappa shape index (κ2) is 6.26. The van der Waals surface area contributed by atoms with Gasteiger partial charge in [0.25, 0.3) is 0 Å². The minimum Gasteiger partial charge on any atom is -0.494 e. The van der Waals surface area contributed by atoms with Crippen LogP contribution in [0.15, 0.2) is 40.9 Å². The molecular weight excluding hydrogens is 333 g/mol. The van der Waals surface area contributed by atoms with Crippen LogP contribution in [-0.4, -0.2) is 7.11 Å². The molecule has 100 valence electrons. The Morgan fingerprint density at radius 3 is 2.68 bits per heavy atom. The van der Waals surface area contributed by atoms with Crippen LogP contribution in [0, 0.1) is 5.82 Å². The van der Waals surface area contributed by atoms with E-state index in [0.717, 1.165) is 15.7 Å². The van der Waals surface area contributed by atoms with Crippen molar-refractivity contribution in [2.45, 2.75) is 6.54 Å². The van der Waals surface area contributed by atoms with Crippen molar-refractivity contribution in [1.29, 1.82) is 0 Å². The molecule has 0 radical (unpaired) electrons. The highest BCUT2D eigenvalue weighted by atomic mass is 79.9. The monoisotopic (exact) mass is 343 g/mol. The van der Waals surface area contributed by atoms with E-state index >= 15 is 0 Å². The summed E-state index contributed by atoms with van der Waals surface area (Å²) in [5.74, 6) is -0.114. The molecule has 1 N–H and O–H groups in total. The Morgan fingerprint density at radius 1 is 1.26 bits per heavy atom. The third kappa shape index (κ3) is 3.61. The van der Waals surface area contributed by atoms with Crippen molar-refractivity contribution < 1.29 is 9.13 Å². The number of rotatable bonds is 4. The van der Waals surface area contributed by atoms with Crippen molar-refractivity contribution in [3.63, 3.8) is 0 Å². The van der Waals surface area contributed by atoms with Crippen LogP contribution < -0.4 is 10.1 Å². The zero-order chi connectivity index (χ0) is 13.8. The van der Waals surface area contributed by atoms with Gasteiger partial charge in [0.1, 0.15) is 0 Å². The molecule has 0 aromatic heterocycles. The number of ether oxygens (including phenoxy) is 1. The molecule has 0 heterocycles. The van der Waals surface area contributed by atoms with E-state index in [0.29, 0.717) is 11.6 Å². The van der Waals surface area contributed by atoms with Gasteiger partial charge < -0.3 is 10.1 Å². The largest absolute Gasteiger partial charge is 0.494 e. The standard InChI is InChI=1S/C14H12BrClFNO/c1-19-14-5-2-9(6-13(14)17)8-18-10-3-4-12(16)11(15)7-10/h2-7,18H,8H2,1H3. The molecule has 0 bridgehead atoms. The maximum absolute atomic E-state index is 13.5. The molecule has 0 fully saturated rings. The van der Waals surface area contributed by atoms with Crippen LogP contribution >= 0.6 is 27.5 Å². The van der Waals surface area contributed by atoms with Crippen LogP contribution in [-0.2, 0) is 6.54 Å². The molecule has 0 saturated heterocycles. The van der Waals surface area contributed by atoms with Gasteiger partial charge in [-0.3, -0.25) is 0 Å². The number of anilines is 1. The van der Waals surface area contributed by atoms with Gasteiger partial charge in [0.05, 0.1) is 12.1 Å². The zero-order valence-corrected chi connectivity index (χ0v) is 12.6. The second-order valence-corrected chi connectivity index (χ2v) is 5.21. The lowest BCUT2D eigenvalue weighted by atomic mass is 10.2. The van der Waals surface area contributed by atoms with E-state index in [1.807, 2.05) is 18.2 Å². The molecule has 0 aliphatic carbocycles. The molecule has 2 rings (SSSR count). The van der Waals surface area contributed by atoms with Gasteiger partial charge >= 0.3 is 0 Å². The molecule has 0 spiro atoms. The van der Waals surface area contributed by atoms with E-state index in [2.05, 4.69) is 21.2 Å². The molecular formula is C14H12BrClFNO. The van der Waals surface area contributed by atoms with Crippen LogP contribution in [0.2, 0.25) is 5.02 Å². The zero-order valence-electron chi connectivity index (χ0n) is 10.2. The van der Waals surface area contributed by atoms with Crippen molar-refractivity contribution in [3.05, 3.63) is 57.3 Å². The fourth-order valence-corrected chi connectivity index (χ4v) is 2.13. The fourth-order valence-electron chi connectivity index (χ4n) is 1.63. The lowest BCUT2D eigenvalue weighted by Crippen LogP contribution is -2.00. The number of hydrogen-bond donors (Lipinski definition) is 1. The molecule has 19 heavy (non-hydrogen) atoms. The van der Waals surface area contributed by atoms with E-state index in [1.54, 1.807) is 12.1 Å². The first kappa shape index (κ1) is 14.2. The highest BCUT2D eigenvalue weighted by Crippen LogP contribution is 2.26. The van der Waals surface area contributed by atoms with Crippen LogP contribution in [0.1, 0.15) is 5.56 Å². The van der Waals surface area contributed by atoms with Crippen LogP contribution in [0.25, 0.3) is 0 Å². The number of benzene rings is 2. The van der Waals surface area contributed by atoms with Crippen LogP contribution in [0.3, 0.4) is 0 Å². The van der Waals surface area contributed by atoms with Gasteiger partial charge in [0.2, 0.25) is 0 Å². The molecule has 2 nitrogen and oxygen atoms in total. The molecule has 2 aromatic rings. The number of nitrogens with one attached hydrogen (secondary N) is 1. The van der Waals surface area contributed by atoms with E-state index in [4.69, 9.17) is 16.3 Å². The predicted octanol–water partition coefficient (Wildman–Crippen LogP) is 4.86. The minimum absolute atomic E-state index is 0.248. The number of hydrogen-bond acceptors (Lipinski definition) is 2. The summed E-state index contributed by atoms with van der Waals surface area (Å²) in [7, 11) is 1.45. The average molecular weight is 345 g/mol. The summed E-state index contributed by atoms with van der Waals surface area (Å²) in [5, 5.41) is 3.85. The van der Waals surface area contributed by atoms with Gasteiger partial charge in [-0.25, -0.2) is 4.39 Å². The number of methoxy groups -OCH3 is 1. The minimum atomic E-state index is -0.362. The maximum Gasteiger partial charge on any atom is 0.165 e. The Kier molecular flexibility index (Phi) is 4.66. The Labute approximate surface area is 124 Å². The summed E-state index contributed by atoms with van der Waals surface area (Å²) in [6, 6.07) is 10.4. The molecule has 0 unspecified atom stereocenters. The van der Waals surface area contributed by atoms with E-state index in [9.17, 15) is 4.39 Å².